The molecule has 0 bridgehead atoms. The van der Waals surface area contributed by atoms with Crippen molar-refractivity contribution in [3.63, 3.8) is 0 Å². The number of para-hydroxylation sites is 1. The van der Waals surface area contributed by atoms with E-state index in [2.05, 4.69) is 34.1 Å². The number of benzene rings is 1. The molecule has 0 saturated carbocycles. The number of anilines is 1. The van der Waals surface area contributed by atoms with Crippen molar-refractivity contribution in [1.82, 2.24) is 9.80 Å². The van der Waals surface area contributed by atoms with E-state index in [-0.39, 0.29) is 12.0 Å². The molecule has 5 nitrogen and oxygen atoms in total. The van der Waals surface area contributed by atoms with Crippen molar-refractivity contribution in [2.75, 3.05) is 50.7 Å². The second kappa shape index (κ2) is 7.79. The lowest BCUT2D eigenvalue weighted by Gasteiger charge is -2.36. The van der Waals surface area contributed by atoms with Crippen molar-refractivity contribution < 1.29 is 9.90 Å². The first kappa shape index (κ1) is 16.3. The normalized spacial score (nSPS) is 20.7. The molecule has 0 aliphatic carbocycles. The standard InChI is InChI=1S/C18H27N3O2/c22-17-6-10-21(11-7-17)18(23)8-9-19-12-14-20(15-13-19)16-4-2-1-3-5-16/h1-5,17,22H,6-15H2. The smallest absolute Gasteiger partial charge is 0.223 e. The Kier molecular flexibility index (Phi) is 5.51. The average molecular weight is 317 g/mol. The molecule has 0 unspecified atom stereocenters. The first-order valence-electron chi connectivity index (χ1n) is 8.70. The van der Waals surface area contributed by atoms with Crippen LogP contribution in [0.4, 0.5) is 5.69 Å². The van der Waals surface area contributed by atoms with Crippen molar-refractivity contribution in [2.45, 2.75) is 25.4 Å². The highest BCUT2D eigenvalue weighted by atomic mass is 16.3. The first-order valence-corrected chi connectivity index (χ1v) is 8.70. The van der Waals surface area contributed by atoms with Gasteiger partial charge in [0.2, 0.25) is 5.91 Å². The molecule has 1 N–H and O–H groups in total. The van der Waals surface area contributed by atoms with Crippen molar-refractivity contribution >= 4 is 11.6 Å². The maximum absolute atomic E-state index is 12.2. The second-order valence-electron chi connectivity index (χ2n) is 6.53. The molecule has 3 rings (SSSR count). The Morgan fingerprint density at radius 2 is 1.65 bits per heavy atom. The number of aliphatic hydroxyl groups excluding tert-OH is 1. The Labute approximate surface area is 138 Å². The number of piperazine rings is 1. The Morgan fingerprint density at radius 1 is 1.00 bits per heavy atom. The second-order valence-corrected chi connectivity index (χ2v) is 6.53. The molecule has 1 aromatic carbocycles. The van der Waals surface area contributed by atoms with E-state index in [0.717, 1.165) is 45.6 Å². The van der Waals surface area contributed by atoms with Gasteiger partial charge in [-0.1, -0.05) is 18.2 Å². The maximum atomic E-state index is 12.2. The van der Waals surface area contributed by atoms with Crippen molar-refractivity contribution in [3.8, 4) is 0 Å². The zero-order valence-corrected chi connectivity index (χ0v) is 13.7. The number of nitrogens with zero attached hydrogens (tertiary/aromatic N) is 3. The van der Waals surface area contributed by atoms with Crippen LogP contribution in [0.25, 0.3) is 0 Å². The molecule has 2 heterocycles. The molecule has 2 saturated heterocycles. The molecular weight excluding hydrogens is 290 g/mol. The van der Waals surface area contributed by atoms with Crippen LogP contribution in [0.3, 0.4) is 0 Å². The number of likely N-dealkylation sites (tertiary alicyclic amines) is 1. The monoisotopic (exact) mass is 317 g/mol. The zero-order chi connectivity index (χ0) is 16.1. The summed E-state index contributed by atoms with van der Waals surface area (Å²) in [6.45, 7) is 6.34. The van der Waals surface area contributed by atoms with E-state index in [0.29, 0.717) is 19.5 Å². The van der Waals surface area contributed by atoms with Crippen LogP contribution in [-0.2, 0) is 4.79 Å². The van der Waals surface area contributed by atoms with Gasteiger partial charge in [-0.3, -0.25) is 9.69 Å². The molecule has 0 radical (unpaired) electrons. The summed E-state index contributed by atoms with van der Waals surface area (Å²) >= 11 is 0. The largest absolute Gasteiger partial charge is 0.393 e. The Bertz CT molecular complexity index is 492. The van der Waals surface area contributed by atoms with Crippen LogP contribution in [0.2, 0.25) is 0 Å². The van der Waals surface area contributed by atoms with E-state index in [1.165, 1.54) is 5.69 Å². The number of hydrogen-bond acceptors (Lipinski definition) is 4. The molecule has 1 aromatic rings. The predicted molar refractivity (Wildman–Crippen MR) is 91.5 cm³/mol. The molecule has 2 aliphatic rings. The highest BCUT2D eigenvalue weighted by Gasteiger charge is 2.22. The zero-order valence-electron chi connectivity index (χ0n) is 13.7. The molecule has 5 heteroatoms. The first-order chi connectivity index (χ1) is 11.2. The van der Waals surface area contributed by atoms with E-state index >= 15 is 0 Å². The van der Waals surface area contributed by atoms with Gasteiger partial charge in [0.1, 0.15) is 0 Å². The summed E-state index contributed by atoms with van der Waals surface area (Å²) in [6.07, 6.45) is 1.83. The molecule has 0 spiro atoms. The number of rotatable bonds is 4. The number of carbonyl (C=O) groups is 1. The third-order valence-electron chi connectivity index (χ3n) is 4.95. The fourth-order valence-electron chi connectivity index (χ4n) is 3.40. The lowest BCUT2D eigenvalue weighted by atomic mass is 10.1. The van der Waals surface area contributed by atoms with Crippen LogP contribution in [0, 0.1) is 0 Å². The van der Waals surface area contributed by atoms with Crippen LogP contribution in [0.1, 0.15) is 19.3 Å². The van der Waals surface area contributed by atoms with Gasteiger partial charge in [0, 0.05) is 57.9 Å². The summed E-state index contributed by atoms with van der Waals surface area (Å²) in [5.74, 6) is 0.238. The lowest BCUT2D eigenvalue weighted by Crippen LogP contribution is -2.48. The highest BCUT2D eigenvalue weighted by Crippen LogP contribution is 2.16. The van der Waals surface area contributed by atoms with Gasteiger partial charge in [0.05, 0.1) is 6.10 Å². The summed E-state index contributed by atoms with van der Waals surface area (Å²) in [7, 11) is 0. The van der Waals surface area contributed by atoms with Crippen molar-refractivity contribution in [2.24, 2.45) is 0 Å². The summed E-state index contributed by atoms with van der Waals surface area (Å²) in [5.41, 5.74) is 1.29. The topological polar surface area (TPSA) is 47.0 Å². The third-order valence-corrected chi connectivity index (χ3v) is 4.95. The van der Waals surface area contributed by atoms with E-state index in [4.69, 9.17) is 0 Å². The summed E-state index contributed by atoms with van der Waals surface area (Å²) < 4.78 is 0. The average Bonchev–Trinajstić information content (AvgIpc) is 2.61. The minimum atomic E-state index is -0.217. The van der Waals surface area contributed by atoms with E-state index in [9.17, 15) is 9.90 Å². The molecule has 23 heavy (non-hydrogen) atoms. The summed E-state index contributed by atoms with van der Waals surface area (Å²) in [5, 5.41) is 9.51. The number of hydrogen-bond donors (Lipinski definition) is 1. The van der Waals surface area contributed by atoms with Gasteiger partial charge < -0.3 is 14.9 Å². The molecule has 2 aliphatic heterocycles. The molecule has 1 amide bonds. The molecule has 0 atom stereocenters. The maximum Gasteiger partial charge on any atom is 0.223 e. The number of piperidine rings is 1. The quantitative estimate of drug-likeness (QED) is 0.906. The SMILES string of the molecule is O=C(CCN1CCN(c2ccccc2)CC1)N1CCC(O)CC1. The summed E-state index contributed by atoms with van der Waals surface area (Å²) in [4.78, 5) is 18.9. The van der Waals surface area contributed by atoms with Gasteiger partial charge in [-0.2, -0.15) is 0 Å². The van der Waals surface area contributed by atoms with E-state index in [1.807, 2.05) is 11.0 Å². The highest BCUT2D eigenvalue weighted by molar-refractivity contribution is 5.76. The number of amides is 1. The van der Waals surface area contributed by atoms with Crippen LogP contribution in [-0.4, -0.2) is 72.7 Å². The van der Waals surface area contributed by atoms with Gasteiger partial charge in [0.25, 0.3) is 0 Å². The van der Waals surface area contributed by atoms with Crippen molar-refractivity contribution in [3.05, 3.63) is 30.3 Å². The lowest BCUT2D eigenvalue weighted by molar-refractivity contribution is -0.133. The number of aliphatic hydroxyl groups is 1. The van der Waals surface area contributed by atoms with Crippen LogP contribution in [0.5, 0.6) is 0 Å². The fourth-order valence-corrected chi connectivity index (χ4v) is 3.40. The summed E-state index contributed by atoms with van der Waals surface area (Å²) in [6, 6.07) is 10.5. The van der Waals surface area contributed by atoms with Gasteiger partial charge >= 0.3 is 0 Å². The number of carbonyl (C=O) groups excluding carboxylic acids is 1. The van der Waals surface area contributed by atoms with E-state index in [1.54, 1.807) is 0 Å². The third kappa shape index (κ3) is 4.45. The van der Waals surface area contributed by atoms with Gasteiger partial charge in [-0.25, -0.2) is 0 Å². The Balaban J connectivity index is 1.38. The molecule has 126 valence electrons. The van der Waals surface area contributed by atoms with Gasteiger partial charge in [-0.15, -0.1) is 0 Å². The molecule has 2 fully saturated rings. The van der Waals surface area contributed by atoms with Crippen LogP contribution >= 0.6 is 0 Å². The molecular formula is C18H27N3O2. The predicted octanol–water partition coefficient (Wildman–Crippen LogP) is 1.18. The minimum absolute atomic E-state index is 0.217. The van der Waals surface area contributed by atoms with Gasteiger partial charge in [-0.05, 0) is 25.0 Å². The van der Waals surface area contributed by atoms with Gasteiger partial charge in [0.15, 0.2) is 0 Å². The van der Waals surface area contributed by atoms with Crippen LogP contribution < -0.4 is 4.90 Å². The Hall–Kier alpha value is -1.59. The fraction of sp³-hybridized carbons (Fsp3) is 0.611. The Morgan fingerprint density at radius 3 is 2.30 bits per heavy atom. The van der Waals surface area contributed by atoms with Crippen molar-refractivity contribution in [1.29, 1.82) is 0 Å². The van der Waals surface area contributed by atoms with E-state index < -0.39 is 0 Å². The molecule has 0 aromatic heterocycles. The minimum Gasteiger partial charge on any atom is -0.393 e. The van der Waals surface area contributed by atoms with Crippen LogP contribution in [0.15, 0.2) is 30.3 Å².